The lowest BCUT2D eigenvalue weighted by Crippen LogP contribution is -2.30. The fourth-order valence-corrected chi connectivity index (χ4v) is 8.74. The lowest BCUT2D eigenvalue weighted by molar-refractivity contribution is -0.167. The van der Waals surface area contributed by atoms with Crippen LogP contribution >= 0.6 is 0 Å². The van der Waals surface area contributed by atoms with Gasteiger partial charge in [0.1, 0.15) is 13.2 Å². The number of ether oxygens (including phenoxy) is 3. The van der Waals surface area contributed by atoms with Gasteiger partial charge < -0.3 is 14.2 Å². The molecule has 6 heteroatoms. The van der Waals surface area contributed by atoms with Gasteiger partial charge in [-0.2, -0.15) is 0 Å². The molecule has 0 amide bonds. The number of carbonyl (C=O) groups excluding carboxylic acids is 3. The molecule has 0 bridgehead atoms. The van der Waals surface area contributed by atoms with Crippen LogP contribution in [0.5, 0.6) is 0 Å². The smallest absolute Gasteiger partial charge is 0.306 e. The van der Waals surface area contributed by atoms with Gasteiger partial charge in [-0.25, -0.2) is 0 Å². The molecular weight excluding hydrogens is 985 g/mol. The summed E-state index contributed by atoms with van der Waals surface area (Å²) >= 11 is 0. The normalized spacial score (nSPS) is 13.1. The molecule has 0 aliphatic rings. The van der Waals surface area contributed by atoms with E-state index in [1.165, 1.54) is 83.5 Å². The lowest BCUT2D eigenvalue weighted by atomic mass is 10.1. The minimum absolute atomic E-state index is 0.0901. The van der Waals surface area contributed by atoms with Gasteiger partial charge in [0.05, 0.1) is 0 Å². The first kappa shape index (κ1) is 75.3. The Labute approximate surface area is 493 Å². The van der Waals surface area contributed by atoms with E-state index in [0.29, 0.717) is 19.3 Å². The van der Waals surface area contributed by atoms with E-state index in [0.717, 1.165) is 161 Å². The minimum Gasteiger partial charge on any atom is -0.462 e. The maximum absolute atomic E-state index is 12.9. The number of hydrogen-bond donors (Lipinski definition) is 0. The summed E-state index contributed by atoms with van der Waals surface area (Å²) in [4.78, 5) is 38.3. The topological polar surface area (TPSA) is 78.9 Å². The molecule has 1 unspecified atom stereocenters. The molecule has 0 saturated carbocycles. The summed E-state index contributed by atoms with van der Waals surface area (Å²) in [5.41, 5.74) is 0. The van der Waals surface area contributed by atoms with Gasteiger partial charge >= 0.3 is 17.9 Å². The monoisotopic (exact) mass is 1100 g/mol. The average molecular weight is 1110 g/mol. The van der Waals surface area contributed by atoms with Gasteiger partial charge in [0.15, 0.2) is 6.10 Å². The SMILES string of the molecule is CC/C=C\C/C=C\C/C=C\C/C=C\C/C=C\C/C=C\C/C=C\CCCCCCCCCCCC(=O)OCC(COC(=O)CCCCCCCCCCCC)OC(=O)CCCCCCC/C=C\C/C=C\C/C=C\C/C=C\C/C=C\CC. The van der Waals surface area contributed by atoms with Gasteiger partial charge in [-0.1, -0.05) is 289 Å². The number of rotatable bonds is 58. The van der Waals surface area contributed by atoms with Gasteiger partial charge in [-0.3, -0.25) is 14.4 Å². The van der Waals surface area contributed by atoms with Crippen molar-refractivity contribution in [1.29, 1.82) is 0 Å². The van der Waals surface area contributed by atoms with Crippen LogP contribution in [0.15, 0.2) is 146 Å². The molecule has 0 aromatic rings. The van der Waals surface area contributed by atoms with Crippen LogP contribution in [0.25, 0.3) is 0 Å². The largest absolute Gasteiger partial charge is 0.462 e. The van der Waals surface area contributed by atoms with E-state index in [2.05, 4.69) is 167 Å². The summed E-state index contributed by atoms with van der Waals surface area (Å²) in [6.07, 6.45) is 95.7. The van der Waals surface area contributed by atoms with E-state index in [1.54, 1.807) is 0 Å². The van der Waals surface area contributed by atoms with Crippen LogP contribution in [0.3, 0.4) is 0 Å². The molecule has 0 spiro atoms. The van der Waals surface area contributed by atoms with Gasteiger partial charge in [-0.05, 0) is 122 Å². The summed E-state index contributed by atoms with van der Waals surface area (Å²) in [5, 5.41) is 0. The van der Waals surface area contributed by atoms with Crippen LogP contribution in [0.4, 0.5) is 0 Å². The van der Waals surface area contributed by atoms with Gasteiger partial charge in [0.2, 0.25) is 0 Å². The second-order valence-electron chi connectivity index (χ2n) is 21.3. The van der Waals surface area contributed by atoms with Crippen LogP contribution < -0.4 is 0 Å². The lowest BCUT2D eigenvalue weighted by Gasteiger charge is -2.18. The molecule has 0 saturated heterocycles. The van der Waals surface area contributed by atoms with E-state index in [1.807, 2.05) is 0 Å². The van der Waals surface area contributed by atoms with E-state index in [4.69, 9.17) is 14.2 Å². The molecule has 1 atom stereocenters. The van der Waals surface area contributed by atoms with Crippen LogP contribution in [0, 0.1) is 0 Å². The summed E-state index contributed by atoms with van der Waals surface area (Å²) in [6.45, 7) is 6.38. The summed E-state index contributed by atoms with van der Waals surface area (Å²) in [6, 6.07) is 0. The zero-order valence-electron chi connectivity index (χ0n) is 51.8. The zero-order chi connectivity index (χ0) is 57.8. The molecule has 0 aliphatic heterocycles. The summed E-state index contributed by atoms with van der Waals surface area (Å²) in [5.74, 6) is -0.916. The first-order valence-electron chi connectivity index (χ1n) is 32.8. The van der Waals surface area contributed by atoms with Crippen molar-refractivity contribution in [2.45, 2.75) is 290 Å². The average Bonchev–Trinajstić information content (AvgIpc) is 3.46. The predicted octanol–water partition coefficient (Wildman–Crippen LogP) is 22.7. The Bertz CT molecular complexity index is 1750. The molecule has 0 N–H and O–H groups in total. The Morgan fingerprint density at radius 2 is 0.487 bits per heavy atom. The van der Waals surface area contributed by atoms with Crippen molar-refractivity contribution in [3.8, 4) is 0 Å². The molecule has 80 heavy (non-hydrogen) atoms. The number of hydrogen-bond acceptors (Lipinski definition) is 6. The number of carbonyl (C=O) groups is 3. The third kappa shape index (κ3) is 64.1. The highest BCUT2D eigenvalue weighted by Crippen LogP contribution is 2.15. The maximum atomic E-state index is 12.9. The Morgan fingerprint density at radius 3 is 0.762 bits per heavy atom. The molecule has 6 nitrogen and oxygen atoms in total. The Hall–Kier alpha value is -4.71. The minimum atomic E-state index is -0.795. The van der Waals surface area contributed by atoms with Crippen LogP contribution in [-0.4, -0.2) is 37.2 Å². The molecule has 0 aliphatic carbocycles. The number of allylic oxidation sites excluding steroid dienone is 24. The van der Waals surface area contributed by atoms with Gasteiger partial charge in [0.25, 0.3) is 0 Å². The highest BCUT2D eigenvalue weighted by atomic mass is 16.6. The predicted molar refractivity (Wildman–Crippen MR) is 348 cm³/mol. The Balaban J connectivity index is 4.29. The fourth-order valence-electron chi connectivity index (χ4n) is 8.74. The zero-order valence-corrected chi connectivity index (χ0v) is 51.8. The molecular formula is C74H120O6. The highest BCUT2D eigenvalue weighted by Gasteiger charge is 2.19. The standard InChI is InChI=1S/C74H120O6/c1-4-7-10-13-16-19-22-24-26-28-30-32-33-34-35-36-37-38-39-40-41-43-44-46-48-50-52-55-58-61-64-67-73(76)79-70-71(69-78-72(75)66-63-60-57-54-21-18-15-12-9-6-3)80-74(77)68-65-62-59-56-53-51-49-47-45-42-31-29-27-25-23-20-17-14-11-8-5-2/h7-8,10-11,16-17,19-20,24-27,30-32,34-35,37-38,40-42,47,49,71H,4-6,9,12-15,18,21-23,28-29,33,36,39,43-46,48,50-70H2,1-3H3/b10-7-,11-8-,19-16-,20-17-,26-24-,27-25-,32-30-,35-34-,38-37-,41-40-,42-31-,49-47-. The van der Waals surface area contributed by atoms with Crippen molar-refractivity contribution in [2.24, 2.45) is 0 Å². The van der Waals surface area contributed by atoms with Crippen molar-refractivity contribution in [3.63, 3.8) is 0 Å². The molecule has 0 rings (SSSR count). The van der Waals surface area contributed by atoms with Crippen molar-refractivity contribution < 1.29 is 28.6 Å². The molecule has 0 fully saturated rings. The van der Waals surface area contributed by atoms with Crippen molar-refractivity contribution in [3.05, 3.63) is 146 Å². The van der Waals surface area contributed by atoms with Crippen molar-refractivity contribution in [1.82, 2.24) is 0 Å². The Morgan fingerprint density at radius 1 is 0.263 bits per heavy atom. The molecule has 0 radical (unpaired) electrons. The summed E-state index contributed by atoms with van der Waals surface area (Å²) < 4.78 is 16.9. The molecule has 0 aromatic carbocycles. The maximum Gasteiger partial charge on any atom is 0.306 e. The second kappa shape index (κ2) is 66.8. The third-order valence-corrected chi connectivity index (χ3v) is 13.6. The van der Waals surface area contributed by atoms with Crippen LogP contribution in [0.2, 0.25) is 0 Å². The Kier molecular flexibility index (Phi) is 62.9. The van der Waals surface area contributed by atoms with E-state index in [-0.39, 0.29) is 31.1 Å². The first-order valence-corrected chi connectivity index (χ1v) is 32.8. The van der Waals surface area contributed by atoms with Gasteiger partial charge in [-0.15, -0.1) is 0 Å². The van der Waals surface area contributed by atoms with Crippen molar-refractivity contribution in [2.75, 3.05) is 13.2 Å². The second-order valence-corrected chi connectivity index (χ2v) is 21.3. The van der Waals surface area contributed by atoms with Crippen LogP contribution in [-0.2, 0) is 28.6 Å². The van der Waals surface area contributed by atoms with E-state index < -0.39 is 6.10 Å². The van der Waals surface area contributed by atoms with Crippen LogP contribution in [0.1, 0.15) is 284 Å². The third-order valence-electron chi connectivity index (χ3n) is 13.6. The fraction of sp³-hybridized carbons (Fsp3) is 0.635. The first-order chi connectivity index (χ1) is 39.5. The van der Waals surface area contributed by atoms with Gasteiger partial charge in [0, 0.05) is 19.3 Å². The summed E-state index contributed by atoms with van der Waals surface area (Å²) in [7, 11) is 0. The van der Waals surface area contributed by atoms with E-state index in [9.17, 15) is 14.4 Å². The number of esters is 3. The molecule has 0 aromatic heterocycles. The van der Waals surface area contributed by atoms with Crippen molar-refractivity contribution >= 4 is 17.9 Å². The molecule has 0 heterocycles. The van der Waals surface area contributed by atoms with E-state index >= 15 is 0 Å². The molecule has 452 valence electrons. The highest BCUT2D eigenvalue weighted by molar-refractivity contribution is 5.71. The quantitative estimate of drug-likeness (QED) is 0.0261. The number of unbranched alkanes of at least 4 members (excludes halogenated alkanes) is 23.